The molecule has 164 valence electrons. The number of nitrogens with one attached hydrogen (secondary N) is 1. The highest BCUT2D eigenvalue weighted by molar-refractivity contribution is 7.90. The molecule has 10 heteroatoms. The molecule has 1 aliphatic rings. The minimum atomic E-state index is -2.99. The average molecular weight is 429 g/mol. The molecule has 0 aliphatic carbocycles. The van der Waals surface area contributed by atoms with Gasteiger partial charge in [-0.05, 0) is 17.7 Å². The summed E-state index contributed by atoms with van der Waals surface area (Å²) in [6, 6.07) is 3.94. The fourth-order valence-corrected chi connectivity index (χ4v) is 3.76. The number of piperazine rings is 1. The summed E-state index contributed by atoms with van der Waals surface area (Å²) in [5, 5.41) is 3.13. The van der Waals surface area contributed by atoms with Crippen molar-refractivity contribution in [2.75, 3.05) is 73.1 Å². The SMILES string of the molecule is CN=C(NCCS(C)(=O)=O)N1CCN(Cc2cc(OC)c(OC)c(OC)c2)CC1. The van der Waals surface area contributed by atoms with Crippen LogP contribution in [-0.4, -0.2) is 97.3 Å². The number of rotatable bonds is 8. The van der Waals surface area contributed by atoms with Crippen molar-refractivity contribution in [3.05, 3.63) is 17.7 Å². The molecule has 1 aliphatic heterocycles. The van der Waals surface area contributed by atoms with Crippen LogP contribution in [0.3, 0.4) is 0 Å². The molecule has 1 saturated heterocycles. The summed E-state index contributed by atoms with van der Waals surface area (Å²) in [7, 11) is 3.54. The third-order valence-electron chi connectivity index (χ3n) is 4.77. The van der Waals surface area contributed by atoms with Gasteiger partial charge in [0.05, 0.1) is 27.1 Å². The number of hydrogen-bond donors (Lipinski definition) is 1. The van der Waals surface area contributed by atoms with Crippen molar-refractivity contribution >= 4 is 15.8 Å². The maximum atomic E-state index is 11.3. The van der Waals surface area contributed by atoms with Gasteiger partial charge in [0.2, 0.25) is 5.75 Å². The summed E-state index contributed by atoms with van der Waals surface area (Å²) in [5.41, 5.74) is 1.09. The Bertz CT molecular complexity index is 780. The summed E-state index contributed by atoms with van der Waals surface area (Å²) in [5.74, 6) is 2.72. The number of nitrogens with zero attached hydrogens (tertiary/aromatic N) is 3. The Labute approximate surface area is 173 Å². The van der Waals surface area contributed by atoms with Crippen molar-refractivity contribution in [3.63, 3.8) is 0 Å². The lowest BCUT2D eigenvalue weighted by molar-refractivity contribution is 0.172. The summed E-state index contributed by atoms with van der Waals surface area (Å²) in [6.07, 6.45) is 1.24. The van der Waals surface area contributed by atoms with Crippen LogP contribution in [0.15, 0.2) is 17.1 Å². The van der Waals surface area contributed by atoms with Crippen molar-refractivity contribution in [2.24, 2.45) is 4.99 Å². The quantitative estimate of drug-likeness (QED) is 0.471. The van der Waals surface area contributed by atoms with E-state index in [1.807, 2.05) is 12.1 Å². The first-order chi connectivity index (χ1) is 13.8. The van der Waals surface area contributed by atoms with Gasteiger partial charge in [-0.25, -0.2) is 8.42 Å². The molecule has 1 N–H and O–H groups in total. The maximum absolute atomic E-state index is 11.3. The molecular weight excluding hydrogens is 396 g/mol. The van der Waals surface area contributed by atoms with Crippen LogP contribution < -0.4 is 19.5 Å². The van der Waals surface area contributed by atoms with Gasteiger partial charge in [-0.15, -0.1) is 0 Å². The molecule has 0 bridgehead atoms. The van der Waals surface area contributed by atoms with E-state index in [0.717, 1.165) is 44.2 Å². The van der Waals surface area contributed by atoms with Crippen LogP contribution in [0.25, 0.3) is 0 Å². The van der Waals surface area contributed by atoms with Gasteiger partial charge < -0.3 is 24.4 Å². The van der Waals surface area contributed by atoms with E-state index < -0.39 is 9.84 Å². The van der Waals surface area contributed by atoms with Crippen molar-refractivity contribution < 1.29 is 22.6 Å². The number of guanidine groups is 1. The van der Waals surface area contributed by atoms with E-state index >= 15 is 0 Å². The van der Waals surface area contributed by atoms with E-state index in [-0.39, 0.29) is 5.75 Å². The molecule has 1 fully saturated rings. The summed E-state index contributed by atoms with van der Waals surface area (Å²) >= 11 is 0. The molecule has 1 aromatic rings. The lowest BCUT2D eigenvalue weighted by Crippen LogP contribution is -2.52. The number of sulfone groups is 1. The lowest BCUT2D eigenvalue weighted by atomic mass is 10.1. The van der Waals surface area contributed by atoms with Gasteiger partial charge in [-0.3, -0.25) is 9.89 Å². The van der Waals surface area contributed by atoms with Crippen LogP contribution in [0.2, 0.25) is 0 Å². The van der Waals surface area contributed by atoms with E-state index in [2.05, 4.69) is 20.1 Å². The minimum absolute atomic E-state index is 0.0904. The van der Waals surface area contributed by atoms with Gasteiger partial charge in [-0.2, -0.15) is 0 Å². The first-order valence-electron chi connectivity index (χ1n) is 9.45. The van der Waals surface area contributed by atoms with Gasteiger partial charge in [0.1, 0.15) is 9.84 Å². The molecule has 0 radical (unpaired) electrons. The second-order valence-corrected chi connectivity index (χ2v) is 9.16. The molecule has 9 nitrogen and oxygen atoms in total. The fraction of sp³-hybridized carbons (Fsp3) is 0.632. The second kappa shape index (κ2) is 10.5. The Balaban J connectivity index is 1.94. The number of hydrogen-bond acceptors (Lipinski definition) is 7. The highest BCUT2D eigenvalue weighted by atomic mass is 32.2. The van der Waals surface area contributed by atoms with Crippen molar-refractivity contribution in [3.8, 4) is 17.2 Å². The summed E-state index contributed by atoms with van der Waals surface area (Å²) < 4.78 is 38.8. The van der Waals surface area contributed by atoms with E-state index in [0.29, 0.717) is 23.8 Å². The third kappa shape index (κ3) is 6.67. The van der Waals surface area contributed by atoms with Crippen LogP contribution in [0.4, 0.5) is 0 Å². The standard InChI is InChI=1S/C19H32N4O5S/c1-20-19(21-6-11-29(5,24)25)23-9-7-22(8-10-23)14-15-12-16(26-2)18(28-4)17(13-15)27-3/h12-13H,6-11,14H2,1-5H3,(H,20,21). The molecule has 0 amide bonds. The highest BCUT2D eigenvalue weighted by Gasteiger charge is 2.21. The average Bonchev–Trinajstić information content (AvgIpc) is 2.70. The summed E-state index contributed by atoms with van der Waals surface area (Å²) in [4.78, 5) is 8.77. The molecule has 0 atom stereocenters. The van der Waals surface area contributed by atoms with Gasteiger partial charge in [0, 0.05) is 52.6 Å². The van der Waals surface area contributed by atoms with Gasteiger partial charge in [-0.1, -0.05) is 0 Å². The minimum Gasteiger partial charge on any atom is -0.493 e. The molecule has 29 heavy (non-hydrogen) atoms. The van der Waals surface area contributed by atoms with E-state index in [4.69, 9.17) is 14.2 Å². The van der Waals surface area contributed by atoms with Crippen LogP contribution >= 0.6 is 0 Å². The van der Waals surface area contributed by atoms with Crippen molar-refractivity contribution in [1.29, 1.82) is 0 Å². The Morgan fingerprint density at radius 2 is 1.66 bits per heavy atom. The zero-order chi connectivity index (χ0) is 21.4. The molecule has 0 saturated carbocycles. The molecule has 0 aromatic heterocycles. The van der Waals surface area contributed by atoms with Crippen molar-refractivity contribution in [1.82, 2.24) is 15.1 Å². The van der Waals surface area contributed by atoms with Gasteiger partial charge in [0.15, 0.2) is 17.5 Å². The van der Waals surface area contributed by atoms with E-state index in [1.54, 1.807) is 28.4 Å². The number of benzene rings is 1. The molecule has 1 aromatic carbocycles. The van der Waals surface area contributed by atoms with Crippen molar-refractivity contribution in [2.45, 2.75) is 6.54 Å². The zero-order valence-electron chi connectivity index (χ0n) is 17.9. The first kappa shape index (κ1) is 23.1. The number of aliphatic imine (C=N–C) groups is 1. The fourth-order valence-electron chi connectivity index (χ4n) is 3.28. The second-order valence-electron chi connectivity index (χ2n) is 6.90. The van der Waals surface area contributed by atoms with Crippen LogP contribution in [0, 0.1) is 0 Å². The molecular formula is C19H32N4O5S. The molecule has 2 rings (SSSR count). The number of ether oxygens (including phenoxy) is 3. The highest BCUT2D eigenvalue weighted by Crippen LogP contribution is 2.38. The van der Waals surface area contributed by atoms with E-state index in [9.17, 15) is 8.42 Å². The third-order valence-corrected chi connectivity index (χ3v) is 5.72. The molecule has 0 spiro atoms. The van der Waals surface area contributed by atoms with Crippen LogP contribution in [0.1, 0.15) is 5.56 Å². The van der Waals surface area contributed by atoms with Gasteiger partial charge in [0.25, 0.3) is 0 Å². The summed E-state index contributed by atoms with van der Waals surface area (Å²) in [6.45, 7) is 4.47. The predicted octanol–water partition coefficient (Wildman–Crippen LogP) is 0.450. The largest absolute Gasteiger partial charge is 0.493 e. The van der Waals surface area contributed by atoms with E-state index in [1.165, 1.54) is 6.26 Å². The normalized spacial score (nSPS) is 15.9. The number of methoxy groups -OCH3 is 3. The van der Waals surface area contributed by atoms with Gasteiger partial charge >= 0.3 is 0 Å². The topological polar surface area (TPSA) is 92.7 Å². The first-order valence-corrected chi connectivity index (χ1v) is 11.5. The Kier molecular flexibility index (Phi) is 8.39. The predicted molar refractivity (Wildman–Crippen MR) is 114 cm³/mol. The molecule has 0 unspecified atom stereocenters. The monoisotopic (exact) mass is 428 g/mol. The zero-order valence-corrected chi connectivity index (χ0v) is 18.7. The smallest absolute Gasteiger partial charge is 0.203 e. The Morgan fingerprint density at radius 1 is 1.07 bits per heavy atom. The van der Waals surface area contributed by atoms with Crippen LogP contribution in [0.5, 0.6) is 17.2 Å². The lowest BCUT2D eigenvalue weighted by Gasteiger charge is -2.36. The Hall–Kier alpha value is -2.20. The van der Waals surface area contributed by atoms with Crippen LogP contribution in [-0.2, 0) is 16.4 Å². The Morgan fingerprint density at radius 3 is 2.10 bits per heavy atom. The maximum Gasteiger partial charge on any atom is 0.203 e. The molecule has 1 heterocycles.